The number of carbonyl (C=O) groups is 2. The number of hydrogen-bond donors (Lipinski definition) is 0. The second kappa shape index (κ2) is 4.53. The van der Waals surface area contributed by atoms with E-state index in [-0.39, 0.29) is 11.1 Å². The molecule has 0 N–H and O–H groups in total. The van der Waals surface area contributed by atoms with Crippen LogP contribution in [0.3, 0.4) is 0 Å². The lowest BCUT2D eigenvalue weighted by Gasteiger charge is -2.02. The van der Waals surface area contributed by atoms with E-state index in [0.29, 0.717) is 15.4 Å². The number of benzene rings is 1. The van der Waals surface area contributed by atoms with E-state index < -0.39 is 5.24 Å². The maximum atomic E-state index is 10.9. The van der Waals surface area contributed by atoms with Crippen LogP contribution in [-0.2, 0) is 0 Å². The molecule has 5 heteroatoms. The number of carbonyl (C=O) groups excluding carboxylic acids is 2. The molecule has 3 nitrogen and oxygen atoms in total. The minimum atomic E-state index is -0.734. The van der Waals surface area contributed by atoms with E-state index in [0.717, 1.165) is 0 Å². The van der Waals surface area contributed by atoms with Crippen LogP contribution in [0.5, 0.6) is 0 Å². The highest BCUT2D eigenvalue weighted by Crippen LogP contribution is 2.19. The molecule has 1 rings (SSSR count). The number of aldehydes is 1. The molecule has 0 aromatic heterocycles. The quantitative estimate of drug-likeness (QED) is 0.478. The Balaban J connectivity index is 3.53. The summed E-state index contributed by atoms with van der Waals surface area (Å²) in [7, 11) is 0. The lowest BCUT2D eigenvalue weighted by Crippen LogP contribution is -2.00. The van der Waals surface area contributed by atoms with E-state index in [1.165, 1.54) is 12.1 Å². The van der Waals surface area contributed by atoms with Crippen LogP contribution in [0.15, 0.2) is 12.1 Å². The van der Waals surface area contributed by atoms with Crippen molar-refractivity contribution in [3.63, 3.8) is 0 Å². The van der Waals surface area contributed by atoms with Crippen molar-refractivity contribution in [3.8, 4) is 6.07 Å². The van der Waals surface area contributed by atoms with Gasteiger partial charge in [0.15, 0.2) is 6.29 Å². The largest absolute Gasteiger partial charge is 0.298 e. The molecule has 0 bridgehead atoms. The van der Waals surface area contributed by atoms with Gasteiger partial charge < -0.3 is 0 Å². The summed E-state index contributed by atoms with van der Waals surface area (Å²) in [5.41, 5.74) is 0.610. The Morgan fingerprint density at radius 1 is 1.57 bits per heavy atom. The monoisotopic (exact) mass is 319 g/mol. The van der Waals surface area contributed by atoms with Crippen molar-refractivity contribution in [2.75, 3.05) is 0 Å². The molecule has 0 spiro atoms. The van der Waals surface area contributed by atoms with Gasteiger partial charge in [0.05, 0.1) is 11.6 Å². The molecule has 0 aliphatic carbocycles. The van der Waals surface area contributed by atoms with Crippen LogP contribution in [0.2, 0.25) is 0 Å². The Kier molecular flexibility index (Phi) is 3.61. The Morgan fingerprint density at radius 2 is 2.21 bits per heavy atom. The molecule has 0 aliphatic rings. The fraction of sp³-hybridized carbons (Fsp3) is 0. The molecule has 0 amide bonds. The fourth-order valence-corrected chi connectivity index (χ4v) is 1.87. The minimum Gasteiger partial charge on any atom is -0.298 e. The van der Waals surface area contributed by atoms with Gasteiger partial charge in [0.25, 0.3) is 5.24 Å². The van der Waals surface area contributed by atoms with Gasteiger partial charge in [0, 0.05) is 14.7 Å². The van der Waals surface area contributed by atoms with E-state index in [1.54, 1.807) is 0 Å². The SMILES string of the molecule is N#Cc1cc(I)c(C=O)c(C(=O)Cl)c1. The molecule has 0 fully saturated rings. The summed E-state index contributed by atoms with van der Waals surface area (Å²) in [6.07, 6.45) is 0.554. The first-order valence-corrected chi connectivity index (χ1v) is 4.94. The topological polar surface area (TPSA) is 57.9 Å². The summed E-state index contributed by atoms with van der Waals surface area (Å²) in [5, 5.41) is 7.90. The van der Waals surface area contributed by atoms with Gasteiger partial charge in [-0.15, -0.1) is 0 Å². The molecule has 0 unspecified atom stereocenters. The first kappa shape index (κ1) is 11.1. The Bertz CT molecular complexity index is 451. The van der Waals surface area contributed by atoms with E-state index in [1.807, 2.05) is 28.7 Å². The zero-order chi connectivity index (χ0) is 10.7. The van der Waals surface area contributed by atoms with Gasteiger partial charge in [-0.25, -0.2) is 0 Å². The molecule has 70 valence electrons. The van der Waals surface area contributed by atoms with E-state index in [2.05, 4.69) is 0 Å². The lowest BCUT2D eigenvalue weighted by molar-refractivity contribution is 0.106. The molecular formula is C9H3ClINO2. The van der Waals surface area contributed by atoms with Crippen molar-refractivity contribution in [2.24, 2.45) is 0 Å². The number of hydrogen-bond acceptors (Lipinski definition) is 3. The average molecular weight is 319 g/mol. The maximum Gasteiger partial charge on any atom is 0.253 e. The summed E-state index contributed by atoms with van der Waals surface area (Å²) in [5.74, 6) is 0. The third-order valence-electron chi connectivity index (χ3n) is 1.59. The normalized spacial score (nSPS) is 9.21. The Labute approximate surface area is 98.8 Å². The van der Waals surface area contributed by atoms with Crippen LogP contribution < -0.4 is 0 Å². The molecule has 0 heterocycles. The summed E-state index contributed by atoms with van der Waals surface area (Å²) in [6, 6.07) is 4.71. The second-order valence-corrected chi connectivity index (χ2v) is 3.93. The third-order valence-corrected chi connectivity index (χ3v) is 2.68. The van der Waals surface area contributed by atoms with Crippen molar-refractivity contribution in [2.45, 2.75) is 0 Å². The highest BCUT2D eigenvalue weighted by molar-refractivity contribution is 14.1. The second-order valence-electron chi connectivity index (χ2n) is 2.42. The first-order chi connectivity index (χ1) is 6.60. The summed E-state index contributed by atoms with van der Waals surface area (Å²) in [6.45, 7) is 0. The van der Waals surface area contributed by atoms with Gasteiger partial charge in [-0.3, -0.25) is 9.59 Å². The van der Waals surface area contributed by atoms with Crippen molar-refractivity contribution in [1.82, 2.24) is 0 Å². The van der Waals surface area contributed by atoms with E-state index in [9.17, 15) is 9.59 Å². The molecule has 0 radical (unpaired) electrons. The van der Waals surface area contributed by atoms with Crippen LogP contribution >= 0.6 is 34.2 Å². The maximum absolute atomic E-state index is 10.9. The number of rotatable bonds is 2. The van der Waals surface area contributed by atoms with Crippen molar-refractivity contribution < 1.29 is 9.59 Å². The molecule has 1 aromatic carbocycles. The zero-order valence-corrected chi connectivity index (χ0v) is 9.67. The zero-order valence-electron chi connectivity index (χ0n) is 6.75. The highest BCUT2D eigenvalue weighted by atomic mass is 127. The van der Waals surface area contributed by atoms with Crippen LogP contribution in [0.4, 0.5) is 0 Å². The van der Waals surface area contributed by atoms with Gasteiger partial charge in [-0.05, 0) is 46.3 Å². The van der Waals surface area contributed by atoms with Gasteiger partial charge in [0.2, 0.25) is 0 Å². The minimum absolute atomic E-state index is 0.0742. The molecular weight excluding hydrogens is 316 g/mol. The van der Waals surface area contributed by atoms with Gasteiger partial charge >= 0.3 is 0 Å². The smallest absolute Gasteiger partial charge is 0.253 e. The molecule has 0 saturated heterocycles. The van der Waals surface area contributed by atoms with E-state index >= 15 is 0 Å². The third kappa shape index (κ3) is 2.11. The first-order valence-electron chi connectivity index (χ1n) is 3.48. The molecule has 0 atom stereocenters. The summed E-state index contributed by atoms with van der Waals surface area (Å²) >= 11 is 7.15. The average Bonchev–Trinajstić information content (AvgIpc) is 2.16. The van der Waals surface area contributed by atoms with Gasteiger partial charge in [-0.1, -0.05) is 0 Å². The van der Waals surface area contributed by atoms with Crippen LogP contribution in [-0.4, -0.2) is 11.5 Å². The standard InChI is InChI=1S/C9H3ClINO2/c10-9(14)6-1-5(3-12)2-8(11)7(6)4-13/h1-2,4H. The molecule has 0 saturated carbocycles. The number of nitrogens with zero attached hydrogens (tertiary/aromatic N) is 1. The molecule has 14 heavy (non-hydrogen) atoms. The van der Waals surface area contributed by atoms with Crippen molar-refractivity contribution in [3.05, 3.63) is 32.4 Å². The van der Waals surface area contributed by atoms with Gasteiger partial charge in [0.1, 0.15) is 0 Å². The predicted molar refractivity (Wildman–Crippen MR) is 59.4 cm³/mol. The Hall–Kier alpha value is -0.930. The lowest BCUT2D eigenvalue weighted by atomic mass is 10.1. The number of nitriles is 1. The number of halogens is 2. The van der Waals surface area contributed by atoms with Crippen molar-refractivity contribution in [1.29, 1.82) is 5.26 Å². The van der Waals surface area contributed by atoms with Crippen LogP contribution in [0, 0.1) is 14.9 Å². The van der Waals surface area contributed by atoms with Crippen LogP contribution in [0.1, 0.15) is 26.3 Å². The fourth-order valence-electron chi connectivity index (χ4n) is 0.965. The van der Waals surface area contributed by atoms with Gasteiger partial charge in [-0.2, -0.15) is 5.26 Å². The van der Waals surface area contributed by atoms with E-state index in [4.69, 9.17) is 16.9 Å². The highest BCUT2D eigenvalue weighted by Gasteiger charge is 2.13. The Morgan fingerprint density at radius 3 is 2.64 bits per heavy atom. The molecule has 1 aromatic rings. The predicted octanol–water partition coefficient (Wildman–Crippen LogP) is 2.35. The molecule has 0 aliphatic heterocycles. The summed E-state index contributed by atoms with van der Waals surface area (Å²) < 4.78 is 0.542. The summed E-state index contributed by atoms with van der Waals surface area (Å²) in [4.78, 5) is 21.6. The van der Waals surface area contributed by atoms with Crippen LogP contribution in [0.25, 0.3) is 0 Å². The van der Waals surface area contributed by atoms with Crippen molar-refractivity contribution >= 4 is 45.7 Å².